The number of nitrogens with one attached hydrogen (secondary N) is 2. The number of hydrogen-bond acceptors (Lipinski definition) is 5. The molecule has 1 aromatic carbocycles. The molecule has 0 saturated heterocycles. The van der Waals surface area contributed by atoms with Crippen LogP contribution in [0.2, 0.25) is 0 Å². The van der Waals surface area contributed by atoms with Crippen LogP contribution < -0.4 is 10.6 Å². The highest BCUT2D eigenvalue weighted by molar-refractivity contribution is 7.10. The number of amides is 2. The van der Waals surface area contributed by atoms with E-state index >= 15 is 0 Å². The Bertz CT molecular complexity index is 686. The van der Waals surface area contributed by atoms with Crippen molar-refractivity contribution in [2.75, 3.05) is 13.7 Å². The maximum atomic E-state index is 12.1. The molecular formula is C17H18N2O4S. The highest BCUT2D eigenvalue weighted by Crippen LogP contribution is 2.22. The van der Waals surface area contributed by atoms with Crippen LogP contribution in [0.1, 0.15) is 27.7 Å². The number of ether oxygens (including phenoxy) is 1. The molecule has 0 aliphatic carbocycles. The predicted octanol–water partition coefficient (Wildman–Crippen LogP) is 1.90. The lowest BCUT2D eigenvalue weighted by atomic mass is 10.1. The first-order chi connectivity index (χ1) is 11.6. The number of carbonyl (C=O) groups is 3. The molecule has 24 heavy (non-hydrogen) atoms. The molecule has 7 heteroatoms. The minimum atomic E-state index is -0.474. The van der Waals surface area contributed by atoms with Gasteiger partial charge in [-0.05, 0) is 23.6 Å². The van der Waals surface area contributed by atoms with E-state index in [-0.39, 0.29) is 24.8 Å². The fourth-order valence-corrected chi connectivity index (χ4v) is 2.84. The van der Waals surface area contributed by atoms with Crippen molar-refractivity contribution in [2.24, 2.45) is 0 Å². The molecule has 126 valence electrons. The third kappa shape index (κ3) is 5.20. The van der Waals surface area contributed by atoms with E-state index in [2.05, 4.69) is 15.4 Å². The van der Waals surface area contributed by atoms with Crippen LogP contribution in [-0.2, 0) is 14.3 Å². The van der Waals surface area contributed by atoms with Crippen LogP contribution in [0.3, 0.4) is 0 Å². The van der Waals surface area contributed by atoms with E-state index in [1.165, 1.54) is 18.4 Å². The molecule has 1 aromatic heterocycles. The van der Waals surface area contributed by atoms with Crippen molar-refractivity contribution in [1.82, 2.24) is 10.6 Å². The van der Waals surface area contributed by atoms with E-state index in [0.29, 0.717) is 5.56 Å². The van der Waals surface area contributed by atoms with Gasteiger partial charge in [0.1, 0.15) is 0 Å². The van der Waals surface area contributed by atoms with E-state index < -0.39 is 12.0 Å². The molecule has 1 atom stereocenters. The summed E-state index contributed by atoms with van der Waals surface area (Å²) in [5.41, 5.74) is 0.481. The molecule has 0 saturated carbocycles. The van der Waals surface area contributed by atoms with Crippen molar-refractivity contribution in [3.63, 3.8) is 0 Å². The van der Waals surface area contributed by atoms with E-state index in [4.69, 9.17) is 0 Å². The zero-order valence-electron chi connectivity index (χ0n) is 13.2. The molecule has 0 fully saturated rings. The largest absolute Gasteiger partial charge is 0.469 e. The smallest absolute Gasteiger partial charge is 0.307 e. The maximum Gasteiger partial charge on any atom is 0.307 e. The van der Waals surface area contributed by atoms with Gasteiger partial charge in [0.15, 0.2) is 0 Å². The summed E-state index contributed by atoms with van der Waals surface area (Å²) in [5, 5.41) is 7.16. The van der Waals surface area contributed by atoms with Crippen molar-refractivity contribution in [3.8, 4) is 0 Å². The first-order valence-electron chi connectivity index (χ1n) is 7.33. The highest BCUT2D eigenvalue weighted by atomic mass is 32.1. The summed E-state index contributed by atoms with van der Waals surface area (Å²) in [5.74, 6) is -1.12. The van der Waals surface area contributed by atoms with Crippen molar-refractivity contribution in [3.05, 3.63) is 58.3 Å². The normalized spacial score (nSPS) is 11.4. The maximum absolute atomic E-state index is 12.1. The number of benzene rings is 1. The second kappa shape index (κ2) is 8.83. The Morgan fingerprint density at radius 3 is 2.50 bits per heavy atom. The Labute approximate surface area is 143 Å². The van der Waals surface area contributed by atoms with Gasteiger partial charge in [-0.25, -0.2) is 0 Å². The molecule has 0 bridgehead atoms. The van der Waals surface area contributed by atoms with Crippen LogP contribution in [-0.4, -0.2) is 31.4 Å². The Morgan fingerprint density at radius 1 is 1.12 bits per heavy atom. The van der Waals surface area contributed by atoms with Crippen LogP contribution >= 0.6 is 11.3 Å². The number of rotatable bonds is 7. The standard InChI is InChI=1S/C17H18N2O4S/c1-23-16(21)10-13(14-8-5-9-24-14)19-15(20)11-18-17(22)12-6-3-2-4-7-12/h2-9,13H,10-11H2,1H3,(H,18,22)(H,19,20). The number of thiophene rings is 1. The summed E-state index contributed by atoms with van der Waals surface area (Å²) < 4.78 is 4.66. The number of hydrogen-bond donors (Lipinski definition) is 2. The van der Waals surface area contributed by atoms with E-state index in [9.17, 15) is 14.4 Å². The van der Waals surface area contributed by atoms with E-state index in [0.717, 1.165) is 4.88 Å². The minimum absolute atomic E-state index is 0.0371. The van der Waals surface area contributed by atoms with Crippen molar-refractivity contribution < 1.29 is 19.1 Å². The van der Waals surface area contributed by atoms with Crippen molar-refractivity contribution in [2.45, 2.75) is 12.5 Å². The Morgan fingerprint density at radius 2 is 1.88 bits per heavy atom. The number of esters is 1. The molecular weight excluding hydrogens is 328 g/mol. The lowest BCUT2D eigenvalue weighted by Gasteiger charge is -2.16. The predicted molar refractivity (Wildman–Crippen MR) is 90.6 cm³/mol. The topological polar surface area (TPSA) is 84.5 Å². The number of carbonyl (C=O) groups excluding carboxylic acids is 3. The fraction of sp³-hybridized carbons (Fsp3) is 0.235. The molecule has 2 amide bonds. The summed E-state index contributed by atoms with van der Waals surface area (Å²) >= 11 is 1.44. The van der Waals surface area contributed by atoms with Gasteiger partial charge in [0.05, 0.1) is 26.1 Å². The second-order valence-electron chi connectivity index (χ2n) is 4.96. The van der Waals surface area contributed by atoms with Crippen LogP contribution in [0.4, 0.5) is 0 Å². The van der Waals surface area contributed by atoms with Gasteiger partial charge in [-0.3, -0.25) is 14.4 Å². The highest BCUT2D eigenvalue weighted by Gasteiger charge is 2.20. The number of methoxy groups -OCH3 is 1. The van der Waals surface area contributed by atoms with Gasteiger partial charge >= 0.3 is 5.97 Å². The third-order valence-electron chi connectivity index (χ3n) is 3.27. The molecule has 2 N–H and O–H groups in total. The average molecular weight is 346 g/mol. The van der Waals surface area contributed by atoms with Crippen molar-refractivity contribution in [1.29, 1.82) is 0 Å². The molecule has 0 aliphatic heterocycles. The lowest BCUT2D eigenvalue weighted by Crippen LogP contribution is -2.39. The first kappa shape index (κ1) is 17.7. The zero-order chi connectivity index (χ0) is 17.4. The molecule has 1 unspecified atom stereocenters. The fourth-order valence-electron chi connectivity index (χ4n) is 2.06. The van der Waals surface area contributed by atoms with Crippen LogP contribution in [0.5, 0.6) is 0 Å². The minimum Gasteiger partial charge on any atom is -0.469 e. The average Bonchev–Trinajstić information content (AvgIpc) is 3.14. The monoisotopic (exact) mass is 346 g/mol. The molecule has 1 heterocycles. The summed E-state index contributed by atoms with van der Waals surface area (Å²) in [6.45, 7) is -0.170. The molecule has 2 aromatic rings. The van der Waals surface area contributed by atoms with Crippen LogP contribution in [0.15, 0.2) is 47.8 Å². The van der Waals surface area contributed by atoms with Gasteiger partial charge in [0, 0.05) is 10.4 Å². The summed E-state index contributed by atoms with van der Waals surface area (Å²) in [7, 11) is 1.30. The summed E-state index contributed by atoms with van der Waals surface area (Å²) in [6, 6.07) is 11.8. The van der Waals surface area contributed by atoms with Crippen LogP contribution in [0, 0.1) is 0 Å². The quantitative estimate of drug-likeness (QED) is 0.750. The lowest BCUT2D eigenvalue weighted by molar-refractivity contribution is -0.141. The molecule has 0 aliphatic rings. The molecule has 0 radical (unpaired) electrons. The molecule has 0 spiro atoms. The Balaban J connectivity index is 1.90. The third-order valence-corrected chi connectivity index (χ3v) is 4.25. The van der Waals surface area contributed by atoms with Gasteiger partial charge < -0.3 is 15.4 Å². The van der Waals surface area contributed by atoms with Gasteiger partial charge in [-0.15, -0.1) is 11.3 Å². The molecule has 2 rings (SSSR count). The first-order valence-corrected chi connectivity index (χ1v) is 8.21. The Hall–Kier alpha value is -2.67. The van der Waals surface area contributed by atoms with Gasteiger partial charge in [-0.1, -0.05) is 24.3 Å². The SMILES string of the molecule is COC(=O)CC(NC(=O)CNC(=O)c1ccccc1)c1cccs1. The van der Waals surface area contributed by atoms with Crippen molar-refractivity contribution >= 4 is 29.1 Å². The zero-order valence-corrected chi connectivity index (χ0v) is 14.0. The Kier molecular flexibility index (Phi) is 6.51. The summed E-state index contributed by atoms with van der Waals surface area (Å²) in [4.78, 5) is 36.4. The summed E-state index contributed by atoms with van der Waals surface area (Å²) in [6.07, 6.45) is 0.0371. The van der Waals surface area contributed by atoms with E-state index in [1.807, 2.05) is 23.6 Å². The second-order valence-corrected chi connectivity index (χ2v) is 5.94. The van der Waals surface area contributed by atoms with Gasteiger partial charge in [0.25, 0.3) is 5.91 Å². The van der Waals surface area contributed by atoms with Gasteiger partial charge in [0.2, 0.25) is 5.91 Å². The molecule has 6 nitrogen and oxygen atoms in total. The van der Waals surface area contributed by atoms with E-state index in [1.54, 1.807) is 24.3 Å². The van der Waals surface area contributed by atoms with Gasteiger partial charge in [-0.2, -0.15) is 0 Å². The van der Waals surface area contributed by atoms with Crippen LogP contribution in [0.25, 0.3) is 0 Å².